The van der Waals surface area contributed by atoms with Crippen LogP contribution >= 0.6 is 0 Å². The van der Waals surface area contributed by atoms with Crippen LogP contribution in [0.2, 0.25) is 0 Å². The second-order valence-electron chi connectivity index (χ2n) is 6.68. The van der Waals surface area contributed by atoms with Crippen molar-refractivity contribution in [2.75, 3.05) is 25.6 Å². The van der Waals surface area contributed by atoms with Gasteiger partial charge in [0.25, 0.3) is 10.0 Å². The Balaban J connectivity index is 2.28. The first-order chi connectivity index (χ1) is 14.8. The molecule has 7 nitrogen and oxygen atoms in total. The summed E-state index contributed by atoms with van der Waals surface area (Å²) in [6.45, 7) is 1.88. The molecule has 8 heteroatoms. The minimum Gasteiger partial charge on any atom is -0.493 e. The molecular formula is C23H23NO6S. The molecule has 31 heavy (non-hydrogen) atoms. The lowest BCUT2D eigenvalue weighted by atomic mass is 10.2. The summed E-state index contributed by atoms with van der Waals surface area (Å²) in [5.41, 5.74) is 2.00. The van der Waals surface area contributed by atoms with E-state index < -0.39 is 10.0 Å². The van der Waals surface area contributed by atoms with Gasteiger partial charge in [-0.3, -0.25) is 4.79 Å². The number of ether oxygens (including phenoxy) is 3. The normalized spacial score (nSPS) is 11.0. The molecule has 0 heterocycles. The van der Waals surface area contributed by atoms with Gasteiger partial charge in [-0.2, -0.15) is 0 Å². The number of sulfonamides is 1. The van der Waals surface area contributed by atoms with Crippen LogP contribution in [-0.2, 0) is 10.0 Å². The van der Waals surface area contributed by atoms with E-state index in [-0.39, 0.29) is 10.6 Å². The van der Waals surface area contributed by atoms with Crippen LogP contribution in [0.5, 0.6) is 17.2 Å². The lowest BCUT2D eigenvalue weighted by Gasteiger charge is -2.26. The number of hydrogen-bond acceptors (Lipinski definition) is 6. The highest BCUT2D eigenvalue weighted by atomic mass is 32.2. The van der Waals surface area contributed by atoms with Gasteiger partial charge >= 0.3 is 0 Å². The first-order valence-electron chi connectivity index (χ1n) is 9.33. The second kappa shape index (κ2) is 9.09. The highest BCUT2D eigenvalue weighted by Crippen LogP contribution is 2.44. The highest BCUT2D eigenvalue weighted by molar-refractivity contribution is 7.93. The van der Waals surface area contributed by atoms with Crippen molar-refractivity contribution in [3.8, 4) is 17.2 Å². The van der Waals surface area contributed by atoms with Crippen molar-refractivity contribution in [2.45, 2.75) is 11.8 Å². The third kappa shape index (κ3) is 4.34. The molecule has 162 valence electrons. The zero-order valence-corrected chi connectivity index (χ0v) is 18.5. The Morgan fingerprint density at radius 2 is 1.32 bits per heavy atom. The number of carbonyl (C=O) groups excluding carboxylic acids is 1. The van der Waals surface area contributed by atoms with E-state index in [2.05, 4.69) is 0 Å². The molecule has 0 spiro atoms. The molecule has 3 aromatic carbocycles. The van der Waals surface area contributed by atoms with Crippen molar-refractivity contribution >= 4 is 27.7 Å². The molecule has 0 unspecified atom stereocenters. The van der Waals surface area contributed by atoms with E-state index in [4.69, 9.17) is 14.2 Å². The largest absolute Gasteiger partial charge is 0.493 e. The Bertz CT molecular complexity index is 1150. The quantitative estimate of drug-likeness (QED) is 0.483. The number of methoxy groups -OCH3 is 3. The van der Waals surface area contributed by atoms with Gasteiger partial charge in [0.2, 0.25) is 5.75 Å². The van der Waals surface area contributed by atoms with Gasteiger partial charge < -0.3 is 14.2 Å². The summed E-state index contributed by atoms with van der Waals surface area (Å²) in [6.07, 6.45) is 0.696. The molecule has 0 saturated heterocycles. The van der Waals surface area contributed by atoms with Crippen molar-refractivity contribution in [1.82, 2.24) is 0 Å². The lowest BCUT2D eigenvalue weighted by molar-refractivity contribution is 0.112. The van der Waals surface area contributed by atoms with Crippen LogP contribution in [0.3, 0.4) is 0 Å². The van der Waals surface area contributed by atoms with Gasteiger partial charge in [0, 0.05) is 17.7 Å². The number of benzene rings is 3. The number of aryl methyl sites for hydroxylation is 1. The van der Waals surface area contributed by atoms with E-state index in [9.17, 15) is 13.2 Å². The second-order valence-corrected chi connectivity index (χ2v) is 8.46. The predicted octanol–water partition coefficient (Wildman–Crippen LogP) is 4.36. The minimum absolute atomic E-state index is 0.117. The van der Waals surface area contributed by atoms with E-state index in [0.29, 0.717) is 34.8 Å². The third-order valence-electron chi connectivity index (χ3n) is 4.71. The Morgan fingerprint density at radius 1 is 0.774 bits per heavy atom. The standard InChI is InChI=1S/C23H23NO6S/c1-16-5-11-20(12-6-16)31(26,27)24(18-9-7-17(15-25)8-10-18)19-13-21(28-2)23(30-4)22(14-19)29-3/h5-15H,1-4H3. The summed E-state index contributed by atoms with van der Waals surface area (Å²) in [5.74, 6) is 0.966. The third-order valence-corrected chi connectivity index (χ3v) is 6.48. The molecule has 0 aliphatic carbocycles. The molecule has 0 bridgehead atoms. The Hall–Kier alpha value is -3.52. The number of anilines is 2. The van der Waals surface area contributed by atoms with Gasteiger partial charge in [-0.1, -0.05) is 17.7 Å². The maximum Gasteiger partial charge on any atom is 0.268 e. The molecule has 0 fully saturated rings. The molecule has 0 aromatic heterocycles. The van der Waals surface area contributed by atoms with E-state index in [1.807, 2.05) is 6.92 Å². The molecule has 0 atom stereocenters. The minimum atomic E-state index is -4.02. The zero-order chi connectivity index (χ0) is 22.6. The van der Waals surface area contributed by atoms with E-state index in [1.165, 1.54) is 25.6 Å². The van der Waals surface area contributed by atoms with Gasteiger partial charge in [-0.15, -0.1) is 0 Å². The smallest absolute Gasteiger partial charge is 0.268 e. The number of carbonyl (C=O) groups is 1. The monoisotopic (exact) mass is 441 g/mol. The van der Waals surface area contributed by atoms with E-state index >= 15 is 0 Å². The fraction of sp³-hybridized carbons (Fsp3) is 0.174. The number of aldehydes is 1. The molecule has 0 aliphatic rings. The molecule has 0 radical (unpaired) electrons. The summed E-state index contributed by atoms with van der Waals surface area (Å²) in [6, 6.07) is 15.9. The summed E-state index contributed by atoms with van der Waals surface area (Å²) < 4.78 is 44.7. The number of hydrogen-bond donors (Lipinski definition) is 0. The molecule has 0 amide bonds. The Morgan fingerprint density at radius 3 is 1.77 bits per heavy atom. The van der Waals surface area contributed by atoms with Crippen LogP contribution in [0.1, 0.15) is 15.9 Å². The molecular weight excluding hydrogens is 418 g/mol. The van der Waals surface area contributed by atoms with E-state index in [0.717, 1.165) is 5.56 Å². The van der Waals surface area contributed by atoms with Gasteiger partial charge in [-0.25, -0.2) is 12.7 Å². The average molecular weight is 442 g/mol. The van der Waals surface area contributed by atoms with Crippen LogP contribution in [0, 0.1) is 6.92 Å². The lowest BCUT2D eigenvalue weighted by Crippen LogP contribution is -2.26. The SMILES string of the molecule is COc1cc(N(c2ccc(C=O)cc2)S(=O)(=O)c2ccc(C)cc2)cc(OC)c1OC. The topological polar surface area (TPSA) is 82.1 Å². The summed E-state index contributed by atoms with van der Waals surface area (Å²) in [5, 5.41) is 0. The summed E-state index contributed by atoms with van der Waals surface area (Å²) in [4.78, 5) is 11.2. The molecule has 0 aliphatic heterocycles. The maximum absolute atomic E-state index is 13.7. The molecule has 0 N–H and O–H groups in total. The van der Waals surface area contributed by atoms with Crippen LogP contribution in [0.25, 0.3) is 0 Å². The summed E-state index contributed by atoms with van der Waals surface area (Å²) >= 11 is 0. The van der Waals surface area contributed by atoms with Gasteiger partial charge in [0.15, 0.2) is 11.5 Å². The number of rotatable bonds is 8. The van der Waals surface area contributed by atoms with Gasteiger partial charge in [0.1, 0.15) is 6.29 Å². The Labute approximate surface area is 181 Å². The van der Waals surface area contributed by atoms with Crippen molar-refractivity contribution in [3.05, 3.63) is 71.8 Å². The van der Waals surface area contributed by atoms with Crippen LogP contribution < -0.4 is 18.5 Å². The Kier molecular flexibility index (Phi) is 6.50. The van der Waals surface area contributed by atoms with Gasteiger partial charge in [0.05, 0.1) is 37.6 Å². The summed E-state index contributed by atoms with van der Waals surface area (Å²) in [7, 11) is 0.365. The number of nitrogens with zero attached hydrogens (tertiary/aromatic N) is 1. The fourth-order valence-electron chi connectivity index (χ4n) is 3.12. The van der Waals surface area contributed by atoms with Crippen molar-refractivity contribution < 1.29 is 27.4 Å². The fourth-order valence-corrected chi connectivity index (χ4v) is 4.59. The van der Waals surface area contributed by atoms with Crippen LogP contribution in [-0.4, -0.2) is 36.0 Å². The van der Waals surface area contributed by atoms with Crippen molar-refractivity contribution in [1.29, 1.82) is 0 Å². The molecule has 0 saturated carbocycles. The molecule has 3 rings (SSSR count). The first-order valence-corrected chi connectivity index (χ1v) is 10.8. The van der Waals surface area contributed by atoms with Crippen LogP contribution in [0.15, 0.2) is 65.6 Å². The highest BCUT2D eigenvalue weighted by Gasteiger charge is 2.29. The van der Waals surface area contributed by atoms with Crippen molar-refractivity contribution in [3.63, 3.8) is 0 Å². The first kappa shape index (κ1) is 22.2. The van der Waals surface area contributed by atoms with E-state index in [1.54, 1.807) is 60.7 Å². The maximum atomic E-state index is 13.7. The predicted molar refractivity (Wildman–Crippen MR) is 118 cm³/mol. The van der Waals surface area contributed by atoms with Crippen LogP contribution in [0.4, 0.5) is 11.4 Å². The van der Waals surface area contributed by atoms with Gasteiger partial charge in [-0.05, 0) is 43.3 Å². The van der Waals surface area contributed by atoms with Crippen molar-refractivity contribution in [2.24, 2.45) is 0 Å². The average Bonchev–Trinajstić information content (AvgIpc) is 2.79. The zero-order valence-electron chi connectivity index (χ0n) is 17.7. The molecule has 3 aromatic rings.